The lowest BCUT2D eigenvalue weighted by molar-refractivity contribution is 0.0546. The van der Waals surface area contributed by atoms with Crippen molar-refractivity contribution in [3.05, 3.63) is 59.4 Å². The number of aliphatic hydroxyl groups excluding tert-OH is 1. The molecule has 8 nitrogen and oxygen atoms in total. The lowest BCUT2D eigenvalue weighted by atomic mass is 10.0. The largest absolute Gasteiger partial charge is 0.393 e. The highest BCUT2D eigenvalue weighted by molar-refractivity contribution is 5.94. The molecule has 2 fully saturated rings. The zero-order chi connectivity index (χ0) is 21.7. The SMILES string of the molecule is O=C(c1ccc2c(c1)CN(c1cccc(-c3nncn3C3CC3)n1)C2)N1CCC(O)CC1. The molecule has 3 aromatic rings. The molecule has 1 N–H and O–H groups in total. The maximum absolute atomic E-state index is 12.9. The monoisotopic (exact) mass is 430 g/mol. The quantitative estimate of drug-likeness (QED) is 0.685. The second-order valence-corrected chi connectivity index (χ2v) is 9.04. The molecular formula is C24H26N6O2. The number of carbonyl (C=O) groups excluding carboxylic acids is 1. The number of rotatable bonds is 4. The summed E-state index contributed by atoms with van der Waals surface area (Å²) in [4.78, 5) is 21.9. The van der Waals surface area contributed by atoms with Crippen molar-refractivity contribution in [2.24, 2.45) is 0 Å². The van der Waals surface area contributed by atoms with Gasteiger partial charge in [-0.15, -0.1) is 10.2 Å². The molecule has 1 saturated heterocycles. The molecule has 1 aromatic carbocycles. The molecule has 0 bridgehead atoms. The van der Waals surface area contributed by atoms with Crippen LogP contribution in [0.15, 0.2) is 42.7 Å². The van der Waals surface area contributed by atoms with Gasteiger partial charge in [-0.1, -0.05) is 12.1 Å². The van der Waals surface area contributed by atoms with Gasteiger partial charge in [0.25, 0.3) is 5.91 Å². The average molecular weight is 431 g/mol. The Hall–Kier alpha value is -3.26. The van der Waals surface area contributed by atoms with E-state index in [1.165, 1.54) is 24.0 Å². The van der Waals surface area contributed by atoms with E-state index in [9.17, 15) is 9.90 Å². The first kappa shape index (κ1) is 19.4. The summed E-state index contributed by atoms with van der Waals surface area (Å²) in [5.74, 6) is 1.78. The Morgan fingerprint density at radius 1 is 1.00 bits per heavy atom. The van der Waals surface area contributed by atoms with E-state index in [0.717, 1.165) is 36.0 Å². The van der Waals surface area contributed by atoms with Gasteiger partial charge in [0.1, 0.15) is 17.8 Å². The van der Waals surface area contributed by atoms with Crippen LogP contribution in [-0.4, -0.2) is 54.9 Å². The highest BCUT2D eigenvalue weighted by Gasteiger charge is 2.28. The number of aromatic nitrogens is 4. The Morgan fingerprint density at radius 2 is 1.81 bits per heavy atom. The number of anilines is 1. The van der Waals surface area contributed by atoms with Crippen LogP contribution in [0.4, 0.5) is 5.82 Å². The lowest BCUT2D eigenvalue weighted by Gasteiger charge is -2.29. The fraction of sp³-hybridized carbons (Fsp3) is 0.417. The average Bonchev–Trinajstić information content (AvgIpc) is 3.39. The van der Waals surface area contributed by atoms with Gasteiger partial charge in [-0.3, -0.25) is 4.79 Å². The molecule has 164 valence electrons. The number of pyridine rings is 1. The van der Waals surface area contributed by atoms with Crippen molar-refractivity contribution in [2.75, 3.05) is 18.0 Å². The summed E-state index contributed by atoms with van der Waals surface area (Å²) in [6.45, 7) is 2.73. The Kier molecular flexibility index (Phi) is 4.68. The van der Waals surface area contributed by atoms with Gasteiger partial charge >= 0.3 is 0 Å². The van der Waals surface area contributed by atoms with Gasteiger partial charge in [0.05, 0.1) is 6.10 Å². The zero-order valence-corrected chi connectivity index (χ0v) is 17.9. The van der Waals surface area contributed by atoms with Gasteiger partial charge in [-0.25, -0.2) is 4.98 Å². The van der Waals surface area contributed by atoms with Crippen LogP contribution >= 0.6 is 0 Å². The van der Waals surface area contributed by atoms with Crippen LogP contribution in [0.2, 0.25) is 0 Å². The molecule has 1 saturated carbocycles. The topological polar surface area (TPSA) is 87.4 Å². The van der Waals surface area contributed by atoms with E-state index < -0.39 is 0 Å². The number of benzene rings is 1. The van der Waals surface area contributed by atoms with Gasteiger partial charge in [0, 0.05) is 37.8 Å². The number of carbonyl (C=O) groups is 1. The van der Waals surface area contributed by atoms with Crippen molar-refractivity contribution in [3.63, 3.8) is 0 Å². The van der Waals surface area contributed by atoms with E-state index in [1.54, 1.807) is 6.33 Å². The first-order valence-electron chi connectivity index (χ1n) is 11.4. The van der Waals surface area contributed by atoms with E-state index >= 15 is 0 Å². The Bertz CT molecular complexity index is 1160. The molecule has 8 heteroatoms. The van der Waals surface area contributed by atoms with Crippen molar-refractivity contribution in [1.29, 1.82) is 0 Å². The summed E-state index contributed by atoms with van der Waals surface area (Å²) >= 11 is 0. The van der Waals surface area contributed by atoms with Gasteiger partial charge in [-0.2, -0.15) is 0 Å². The molecule has 32 heavy (non-hydrogen) atoms. The summed E-state index contributed by atoms with van der Waals surface area (Å²) in [5, 5.41) is 18.1. The number of fused-ring (bicyclic) bond motifs is 1. The Morgan fingerprint density at radius 3 is 2.62 bits per heavy atom. The highest BCUT2D eigenvalue weighted by Crippen LogP contribution is 2.37. The van der Waals surface area contributed by atoms with Crippen molar-refractivity contribution in [2.45, 2.75) is 50.9 Å². The standard InChI is InChI=1S/C24H26N6O2/c31-20-8-10-28(11-9-20)24(32)16-4-5-17-13-29(14-18(17)12-16)22-3-1-2-21(26-22)23-27-25-15-30(23)19-6-7-19/h1-5,12,15,19-20,31H,6-11,13-14H2. The summed E-state index contributed by atoms with van der Waals surface area (Å²) in [7, 11) is 0. The van der Waals surface area contributed by atoms with E-state index in [2.05, 4.69) is 25.7 Å². The second kappa shape index (κ2) is 7.70. The number of hydrogen-bond acceptors (Lipinski definition) is 6. The predicted molar refractivity (Wildman–Crippen MR) is 119 cm³/mol. The molecule has 2 aromatic heterocycles. The minimum absolute atomic E-state index is 0.0534. The zero-order valence-electron chi connectivity index (χ0n) is 17.9. The molecule has 0 radical (unpaired) electrons. The number of aliphatic hydroxyl groups is 1. The maximum atomic E-state index is 12.9. The van der Waals surface area contributed by atoms with Crippen molar-refractivity contribution in [3.8, 4) is 11.5 Å². The van der Waals surface area contributed by atoms with Crippen LogP contribution in [0.3, 0.4) is 0 Å². The fourth-order valence-electron chi connectivity index (χ4n) is 4.71. The third-order valence-electron chi connectivity index (χ3n) is 6.73. The first-order chi connectivity index (χ1) is 15.7. The van der Waals surface area contributed by atoms with Crippen molar-refractivity contribution in [1.82, 2.24) is 24.6 Å². The van der Waals surface area contributed by atoms with E-state index in [1.807, 2.05) is 35.2 Å². The summed E-state index contributed by atoms with van der Waals surface area (Å²) in [5.41, 5.74) is 3.96. The van der Waals surface area contributed by atoms with Crippen LogP contribution < -0.4 is 4.90 Å². The Balaban J connectivity index is 1.21. The highest BCUT2D eigenvalue weighted by atomic mass is 16.3. The van der Waals surface area contributed by atoms with E-state index in [4.69, 9.17) is 4.98 Å². The fourth-order valence-corrected chi connectivity index (χ4v) is 4.71. The third-order valence-corrected chi connectivity index (χ3v) is 6.73. The molecule has 3 aliphatic rings. The van der Waals surface area contributed by atoms with E-state index in [-0.39, 0.29) is 12.0 Å². The van der Waals surface area contributed by atoms with Crippen molar-refractivity contribution >= 4 is 11.7 Å². The number of hydrogen-bond donors (Lipinski definition) is 1. The minimum atomic E-state index is -0.283. The molecule has 0 unspecified atom stereocenters. The smallest absolute Gasteiger partial charge is 0.253 e. The number of piperidine rings is 1. The summed E-state index contributed by atoms with van der Waals surface area (Å²) < 4.78 is 2.13. The predicted octanol–water partition coefficient (Wildman–Crippen LogP) is 2.79. The number of amides is 1. The van der Waals surface area contributed by atoms with Gasteiger partial charge in [0.2, 0.25) is 0 Å². The lowest BCUT2D eigenvalue weighted by Crippen LogP contribution is -2.40. The number of nitrogens with zero attached hydrogens (tertiary/aromatic N) is 6. The van der Waals surface area contributed by atoms with Crippen molar-refractivity contribution < 1.29 is 9.90 Å². The van der Waals surface area contributed by atoms with Gasteiger partial charge < -0.3 is 19.5 Å². The molecule has 0 atom stereocenters. The van der Waals surface area contributed by atoms with Crippen LogP contribution in [0.25, 0.3) is 11.5 Å². The molecule has 0 spiro atoms. The molecule has 1 aliphatic carbocycles. The maximum Gasteiger partial charge on any atom is 0.253 e. The first-order valence-corrected chi connectivity index (χ1v) is 11.4. The van der Waals surface area contributed by atoms with Crippen LogP contribution in [-0.2, 0) is 13.1 Å². The second-order valence-electron chi connectivity index (χ2n) is 9.04. The molecule has 6 rings (SSSR count). The molecular weight excluding hydrogens is 404 g/mol. The van der Waals surface area contributed by atoms with Gasteiger partial charge in [-0.05, 0) is 61.1 Å². The Labute approximate surface area is 186 Å². The molecule has 2 aliphatic heterocycles. The molecule has 4 heterocycles. The molecule has 1 amide bonds. The summed E-state index contributed by atoms with van der Waals surface area (Å²) in [6.07, 6.45) is 5.17. The van der Waals surface area contributed by atoms with Gasteiger partial charge in [0.15, 0.2) is 5.82 Å². The third kappa shape index (κ3) is 3.54. The van der Waals surface area contributed by atoms with Crippen LogP contribution in [0.5, 0.6) is 0 Å². The summed E-state index contributed by atoms with van der Waals surface area (Å²) in [6, 6.07) is 12.6. The van der Waals surface area contributed by atoms with Crippen LogP contribution in [0, 0.1) is 0 Å². The van der Waals surface area contributed by atoms with Crippen LogP contribution in [0.1, 0.15) is 53.2 Å². The number of likely N-dealkylation sites (tertiary alicyclic amines) is 1. The normalized spacial score (nSPS) is 18.8. The van der Waals surface area contributed by atoms with E-state index in [0.29, 0.717) is 32.0 Å². The minimum Gasteiger partial charge on any atom is -0.393 e.